The zero-order valence-electron chi connectivity index (χ0n) is 12.2. The molecular weight excluding hydrogens is 260 g/mol. The summed E-state index contributed by atoms with van der Waals surface area (Å²) in [6, 6.07) is 0. The highest BCUT2D eigenvalue weighted by Crippen LogP contribution is 2.19. The Hall–Kier alpha value is -1.36. The predicted octanol–water partition coefficient (Wildman–Crippen LogP) is 2.74. The average Bonchev–Trinajstić information content (AvgIpc) is 2.38. The molecule has 0 spiro atoms. The lowest BCUT2D eigenvalue weighted by atomic mass is 9.99. The molecule has 1 rings (SSSR count). The molecule has 0 heterocycles. The second-order valence-corrected chi connectivity index (χ2v) is 5.12. The Morgan fingerprint density at radius 2 is 1.65 bits per heavy atom. The van der Waals surface area contributed by atoms with Gasteiger partial charge in [0.1, 0.15) is 0 Å². The van der Waals surface area contributed by atoms with Crippen molar-refractivity contribution >= 4 is 11.9 Å². The van der Waals surface area contributed by atoms with Crippen LogP contribution in [-0.2, 0) is 23.8 Å². The Bertz CT molecular complexity index is 329. The molecule has 5 heteroatoms. The molecule has 0 radical (unpaired) electrons. The minimum absolute atomic E-state index is 0.0753. The highest BCUT2D eigenvalue weighted by molar-refractivity contribution is 5.88. The third kappa shape index (κ3) is 7.28. The van der Waals surface area contributed by atoms with Gasteiger partial charge in [0.05, 0.1) is 6.10 Å². The molecule has 114 valence electrons. The predicted molar refractivity (Wildman–Crippen MR) is 73.9 cm³/mol. The minimum atomic E-state index is -0.606. The summed E-state index contributed by atoms with van der Waals surface area (Å²) in [5.41, 5.74) is 0.253. The van der Waals surface area contributed by atoms with Gasteiger partial charge in [-0.05, 0) is 19.8 Å². The van der Waals surface area contributed by atoms with Crippen molar-refractivity contribution in [1.29, 1.82) is 0 Å². The van der Waals surface area contributed by atoms with Crippen LogP contribution in [0.25, 0.3) is 0 Å². The summed E-state index contributed by atoms with van der Waals surface area (Å²) in [6.45, 7) is 4.46. The third-order valence-electron chi connectivity index (χ3n) is 3.25. The fraction of sp³-hybridized carbons (Fsp3) is 0.733. The van der Waals surface area contributed by atoms with E-state index in [-0.39, 0.29) is 18.5 Å². The number of hydrogen-bond acceptors (Lipinski definition) is 5. The van der Waals surface area contributed by atoms with Crippen LogP contribution >= 0.6 is 0 Å². The Morgan fingerprint density at radius 3 is 2.25 bits per heavy atom. The lowest BCUT2D eigenvalue weighted by molar-refractivity contribution is -0.170. The van der Waals surface area contributed by atoms with Gasteiger partial charge in [0, 0.05) is 5.57 Å². The van der Waals surface area contributed by atoms with E-state index in [9.17, 15) is 9.59 Å². The fourth-order valence-corrected chi connectivity index (χ4v) is 2.07. The summed E-state index contributed by atoms with van der Waals surface area (Å²) < 4.78 is 15.1. The molecule has 0 saturated heterocycles. The Kier molecular flexibility index (Phi) is 7.95. The first-order valence-electron chi connectivity index (χ1n) is 7.19. The first-order chi connectivity index (χ1) is 9.59. The lowest BCUT2D eigenvalue weighted by Gasteiger charge is -2.19. The van der Waals surface area contributed by atoms with E-state index in [0.29, 0.717) is 0 Å². The van der Waals surface area contributed by atoms with E-state index in [4.69, 9.17) is 9.47 Å². The van der Waals surface area contributed by atoms with E-state index < -0.39 is 18.5 Å². The number of rotatable bonds is 6. The number of hydrogen-bond donors (Lipinski definition) is 0. The smallest absolute Gasteiger partial charge is 0.346 e. The maximum atomic E-state index is 11.3. The van der Waals surface area contributed by atoms with Crippen molar-refractivity contribution in [1.82, 2.24) is 0 Å². The van der Waals surface area contributed by atoms with Gasteiger partial charge in [0.25, 0.3) is 0 Å². The topological polar surface area (TPSA) is 61.8 Å². The van der Waals surface area contributed by atoms with Crippen LogP contribution in [0.2, 0.25) is 0 Å². The number of carbonyl (C=O) groups is 2. The van der Waals surface area contributed by atoms with Gasteiger partial charge < -0.3 is 14.2 Å². The van der Waals surface area contributed by atoms with E-state index in [1.807, 2.05) is 0 Å². The van der Waals surface area contributed by atoms with E-state index >= 15 is 0 Å². The van der Waals surface area contributed by atoms with E-state index in [0.717, 1.165) is 25.7 Å². The number of esters is 2. The standard InChI is InChI=1S/C15H24O5/c1-12(2)15(17)18-10-14(16)20-11-19-13-8-6-4-3-5-7-9-13/h13H,1,3-11H2,2H3. The quantitative estimate of drug-likeness (QED) is 0.426. The van der Waals surface area contributed by atoms with Gasteiger partial charge in [-0.25, -0.2) is 9.59 Å². The molecule has 1 aliphatic carbocycles. The van der Waals surface area contributed by atoms with Crippen LogP contribution in [0.4, 0.5) is 0 Å². The van der Waals surface area contributed by atoms with Crippen LogP contribution in [0.1, 0.15) is 51.9 Å². The van der Waals surface area contributed by atoms with Crippen molar-refractivity contribution in [2.45, 2.75) is 58.0 Å². The summed E-state index contributed by atoms with van der Waals surface area (Å²) in [5, 5.41) is 0. The van der Waals surface area contributed by atoms with Gasteiger partial charge in [-0.15, -0.1) is 0 Å². The van der Waals surface area contributed by atoms with Gasteiger partial charge in [-0.2, -0.15) is 0 Å². The van der Waals surface area contributed by atoms with Gasteiger partial charge >= 0.3 is 11.9 Å². The molecular formula is C15H24O5. The molecule has 5 nitrogen and oxygen atoms in total. The van der Waals surface area contributed by atoms with Crippen LogP contribution in [0.5, 0.6) is 0 Å². The van der Waals surface area contributed by atoms with Gasteiger partial charge in [0.2, 0.25) is 0 Å². The van der Waals surface area contributed by atoms with E-state index in [2.05, 4.69) is 11.3 Å². The molecule has 0 atom stereocenters. The normalized spacial score (nSPS) is 16.9. The second kappa shape index (κ2) is 9.53. The monoisotopic (exact) mass is 284 g/mol. The summed E-state index contributed by atoms with van der Waals surface area (Å²) in [7, 11) is 0. The minimum Gasteiger partial charge on any atom is -0.450 e. The van der Waals surface area contributed by atoms with Crippen molar-refractivity contribution in [3.05, 3.63) is 12.2 Å². The SMILES string of the molecule is C=C(C)C(=O)OCC(=O)OCOC1CCCCCCC1. The molecule has 0 aromatic heterocycles. The molecule has 1 fully saturated rings. The highest BCUT2D eigenvalue weighted by Gasteiger charge is 2.13. The Labute approximate surface area is 120 Å². The maximum Gasteiger partial charge on any atom is 0.346 e. The van der Waals surface area contributed by atoms with Crippen molar-refractivity contribution in [3.8, 4) is 0 Å². The van der Waals surface area contributed by atoms with Crippen LogP contribution in [0, 0.1) is 0 Å². The molecule has 1 saturated carbocycles. The van der Waals surface area contributed by atoms with Crippen LogP contribution in [0.3, 0.4) is 0 Å². The number of ether oxygens (including phenoxy) is 3. The van der Waals surface area contributed by atoms with Crippen molar-refractivity contribution in [2.24, 2.45) is 0 Å². The van der Waals surface area contributed by atoms with Crippen LogP contribution in [0.15, 0.2) is 12.2 Å². The number of carbonyl (C=O) groups excluding carboxylic acids is 2. The molecule has 0 aromatic carbocycles. The zero-order valence-corrected chi connectivity index (χ0v) is 12.2. The summed E-state index contributed by atoms with van der Waals surface area (Å²) in [6.07, 6.45) is 8.32. The van der Waals surface area contributed by atoms with E-state index in [1.54, 1.807) is 0 Å². The summed E-state index contributed by atoms with van der Waals surface area (Å²) in [4.78, 5) is 22.4. The summed E-state index contributed by atoms with van der Waals surface area (Å²) in [5.74, 6) is -1.20. The van der Waals surface area contributed by atoms with Gasteiger partial charge in [-0.3, -0.25) is 0 Å². The van der Waals surface area contributed by atoms with Crippen molar-refractivity contribution < 1.29 is 23.8 Å². The maximum absolute atomic E-state index is 11.3. The third-order valence-corrected chi connectivity index (χ3v) is 3.25. The lowest BCUT2D eigenvalue weighted by Crippen LogP contribution is -2.21. The van der Waals surface area contributed by atoms with Crippen LogP contribution in [-0.4, -0.2) is 31.4 Å². The zero-order chi connectivity index (χ0) is 14.8. The molecule has 0 aliphatic heterocycles. The molecule has 1 aliphatic rings. The average molecular weight is 284 g/mol. The Morgan fingerprint density at radius 1 is 1.05 bits per heavy atom. The largest absolute Gasteiger partial charge is 0.450 e. The Balaban J connectivity index is 2.11. The highest BCUT2D eigenvalue weighted by atomic mass is 16.7. The molecule has 20 heavy (non-hydrogen) atoms. The molecule has 0 aromatic rings. The molecule has 0 amide bonds. The second-order valence-electron chi connectivity index (χ2n) is 5.12. The first-order valence-corrected chi connectivity index (χ1v) is 7.19. The molecule has 0 unspecified atom stereocenters. The first kappa shape index (κ1) is 16.7. The summed E-state index contributed by atoms with van der Waals surface area (Å²) >= 11 is 0. The molecule has 0 bridgehead atoms. The van der Waals surface area contributed by atoms with Crippen molar-refractivity contribution in [3.63, 3.8) is 0 Å². The van der Waals surface area contributed by atoms with E-state index in [1.165, 1.54) is 26.2 Å². The van der Waals surface area contributed by atoms with Crippen molar-refractivity contribution in [2.75, 3.05) is 13.4 Å². The van der Waals surface area contributed by atoms with Crippen LogP contribution < -0.4 is 0 Å². The molecule has 0 N–H and O–H groups in total. The van der Waals surface area contributed by atoms with Gasteiger partial charge in [-0.1, -0.05) is 38.7 Å². The van der Waals surface area contributed by atoms with Gasteiger partial charge in [0.15, 0.2) is 13.4 Å². The fourth-order valence-electron chi connectivity index (χ4n) is 2.07.